The van der Waals surface area contributed by atoms with Gasteiger partial charge in [-0.1, -0.05) is 23.8 Å². The van der Waals surface area contributed by atoms with Gasteiger partial charge < -0.3 is 9.84 Å². The SMILES string of the molecule is Cc1noc(CCNC2=NCC(C)CS2)n1. The maximum Gasteiger partial charge on any atom is 0.228 e. The van der Waals surface area contributed by atoms with E-state index in [1.54, 1.807) is 11.8 Å². The number of hydrogen-bond acceptors (Lipinski definition) is 6. The largest absolute Gasteiger partial charge is 0.364 e. The van der Waals surface area contributed by atoms with Crippen molar-refractivity contribution in [2.24, 2.45) is 10.9 Å². The van der Waals surface area contributed by atoms with Crippen LogP contribution in [-0.4, -0.2) is 34.2 Å². The Balaban J connectivity index is 1.72. The molecule has 1 aliphatic rings. The molecule has 0 aromatic carbocycles. The van der Waals surface area contributed by atoms with E-state index < -0.39 is 0 Å². The molecule has 1 N–H and O–H groups in total. The van der Waals surface area contributed by atoms with Crippen LogP contribution in [0, 0.1) is 12.8 Å². The number of hydrogen-bond donors (Lipinski definition) is 1. The number of aromatic nitrogens is 2. The third-order valence-electron chi connectivity index (χ3n) is 2.24. The Bertz CT molecular complexity index is 377. The predicted octanol–water partition coefficient (Wildman–Crippen LogP) is 1.25. The molecule has 0 aliphatic carbocycles. The molecule has 0 saturated carbocycles. The second-order valence-corrected chi connectivity index (χ2v) is 4.98. The van der Waals surface area contributed by atoms with Gasteiger partial charge in [0, 0.05) is 25.3 Å². The minimum atomic E-state index is 0.680. The summed E-state index contributed by atoms with van der Waals surface area (Å²) >= 11 is 1.78. The van der Waals surface area contributed by atoms with Gasteiger partial charge in [-0.3, -0.25) is 4.99 Å². The van der Waals surface area contributed by atoms with Crippen LogP contribution in [-0.2, 0) is 6.42 Å². The van der Waals surface area contributed by atoms with Crippen molar-refractivity contribution in [2.75, 3.05) is 18.8 Å². The molecule has 1 aromatic rings. The maximum absolute atomic E-state index is 5.02. The van der Waals surface area contributed by atoms with Crippen LogP contribution in [0.5, 0.6) is 0 Å². The van der Waals surface area contributed by atoms with Gasteiger partial charge in [0.05, 0.1) is 0 Å². The zero-order chi connectivity index (χ0) is 11.4. The first-order valence-electron chi connectivity index (χ1n) is 5.44. The molecule has 1 aromatic heterocycles. The summed E-state index contributed by atoms with van der Waals surface area (Å²) < 4.78 is 5.02. The van der Waals surface area contributed by atoms with Crippen molar-refractivity contribution in [2.45, 2.75) is 20.3 Å². The first-order valence-corrected chi connectivity index (χ1v) is 6.43. The van der Waals surface area contributed by atoms with Gasteiger partial charge in [-0.2, -0.15) is 4.98 Å². The highest BCUT2D eigenvalue weighted by atomic mass is 32.2. The Morgan fingerprint density at radius 1 is 1.56 bits per heavy atom. The number of rotatable bonds is 3. The molecular weight excluding hydrogens is 224 g/mol. The Morgan fingerprint density at radius 3 is 3.06 bits per heavy atom. The van der Waals surface area contributed by atoms with Crippen LogP contribution in [0.15, 0.2) is 9.52 Å². The summed E-state index contributed by atoms with van der Waals surface area (Å²) in [6.07, 6.45) is 0.746. The summed E-state index contributed by atoms with van der Waals surface area (Å²) in [5, 5.41) is 8.06. The van der Waals surface area contributed by atoms with E-state index >= 15 is 0 Å². The molecule has 5 nitrogen and oxygen atoms in total. The average Bonchev–Trinajstić information content (AvgIpc) is 2.67. The molecule has 1 unspecified atom stereocenters. The second kappa shape index (κ2) is 5.34. The lowest BCUT2D eigenvalue weighted by Gasteiger charge is -2.17. The van der Waals surface area contributed by atoms with Crippen molar-refractivity contribution in [1.29, 1.82) is 0 Å². The normalized spacial score (nSPS) is 20.6. The third kappa shape index (κ3) is 3.23. The molecule has 0 bridgehead atoms. The Hall–Kier alpha value is -1.04. The van der Waals surface area contributed by atoms with E-state index in [0.29, 0.717) is 17.6 Å². The highest BCUT2D eigenvalue weighted by molar-refractivity contribution is 8.13. The second-order valence-electron chi connectivity index (χ2n) is 3.97. The number of thioether (sulfide) groups is 1. The molecule has 88 valence electrons. The molecule has 0 fully saturated rings. The Morgan fingerprint density at radius 2 is 2.44 bits per heavy atom. The van der Waals surface area contributed by atoms with Crippen molar-refractivity contribution in [3.8, 4) is 0 Å². The monoisotopic (exact) mass is 240 g/mol. The van der Waals surface area contributed by atoms with E-state index in [-0.39, 0.29) is 0 Å². The quantitative estimate of drug-likeness (QED) is 0.861. The van der Waals surface area contributed by atoms with Gasteiger partial charge in [0.25, 0.3) is 0 Å². The van der Waals surface area contributed by atoms with E-state index in [2.05, 4.69) is 27.4 Å². The first kappa shape index (κ1) is 11.4. The first-order chi connectivity index (χ1) is 7.74. The average molecular weight is 240 g/mol. The summed E-state index contributed by atoms with van der Waals surface area (Å²) in [5.41, 5.74) is 0. The van der Waals surface area contributed by atoms with Gasteiger partial charge in [-0.15, -0.1) is 0 Å². The molecular formula is C10H16N4OS. The fourth-order valence-corrected chi connectivity index (χ4v) is 2.30. The Kier molecular flexibility index (Phi) is 3.82. The molecule has 6 heteroatoms. The van der Waals surface area contributed by atoms with Crippen LogP contribution in [0.2, 0.25) is 0 Å². The molecule has 2 rings (SSSR count). The van der Waals surface area contributed by atoms with Crippen LogP contribution < -0.4 is 5.32 Å². The fraction of sp³-hybridized carbons (Fsp3) is 0.700. The summed E-state index contributed by atoms with van der Waals surface area (Å²) in [5.74, 6) is 3.20. The van der Waals surface area contributed by atoms with Crippen LogP contribution in [0.25, 0.3) is 0 Å². The lowest BCUT2D eigenvalue weighted by Crippen LogP contribution is -2.27. The predicted molar refractivity (Wildman–Crippen MR) is 64.7 cm³/mol. The van der Waals surface area contributed by atoms with E-state index in [0.717, 1.165) is 30.4 Å². The zero-order valence-electron chi connectivity index (χ0n) is 9.56. The van der Waals surface area contributed by atoms with Crippen molar-refractivity contribution < 1.29 is 4.52 Å². The van der Waals surface area contributed by atoms with Gasteiger partial charge >= 0.3 is 0 Å². The van der Waals surface area contributed by atoms with E-state index in [1.165, 1.54) is 0 Å². The summed E-state index contributed by atoms with van der Waals surface area (Å²) in [6.45, 7) is 5.76. The molecule has 1 aliphatic heterocycles. The van der Waals surface area contributed by atoms with Crippen LogP contribution in [0.4, 0.5) is 0 Å². The number of aliphatic imine (C=N–C) groups is 1. The molecule has 16 heavy (non-hydrogen) atoms. The molecule has 0 saturated heterocycles. The van der Waals surface area contributed by atoms with Crippen molar-refractivity contribution in [3.05, 3.63) is 11.7 Å². The van der Waals surface area contributed by atoms with Gasteiger partial charge in [0.15, 0.2) is 11.0 Å². The van der Waals surface area contributed by atoms with Crippen LogP contribution >= 0.6 is 11.8 Å². The van der Waals surface area contributed by atoms with Gasteiger partial charge in [-0.05, 0) is 12.8 Å². The van der Waals surface area contributed by atoms with Crippen molar-refractivity contribution >= 4 is 16.9 Å². The molecule has 0 spiro atoms. The summed E-state index contributed by atoms with van der Waals surface area (Å²) in [7, 11) is 0. The van der Waals surface area contributed by atoms with E-state index in [9.17, 15) is 0 Å². The highest BCUT2D eigenvalue weighted by Crippen LogP contribution is 2.15. The van der Waals surface area contributed by atoms with Gasteiger partial charge in [-0.25, -0.2) is 0 Å². The lowest BCUT2D eigenvalue weighted by atomic mass is 10.2. The number of aryl methyl sites for hydroxylation is 1. The van der Waals surface area contributed by atoms with E-state index in [1.807, 2.05) is 6.92 Å². The van der Waals surface area contributed by atoms with Crippen LogP contribution in [0.3, 0.4) is 0 Å². The maximum atomic E-state index is 5.02. The minimum absolute atomic E-state index is 0.680. The number of nitrogens with one attached hydrogen (secondary N) is 1. The highest BCUT2D eigenvalue weighted by Gasteiger charge is 2.11. The lowest BCUT2D eigenvalue weighted by molar-refractivity contribution is 0.375. The molecule has 2 heterocycles. The number of amidine groups is 1. The fourth-order valence-electron chi connectivity index (χ4n) is 1.38. The van der Waals surface area contributed by atoms with Crippen LogP contribution in [0.1, 0.15) is 18.6 Å². The topological polar surface area (TPSA) is 63.3 Å². The van der Waals surface area contributed by atoms with Gasteiger partial charge in [0.1, 0.15) is 0 Å². The van der Waals surface area contributed by atoms with Crippen molar-refractivity contribution in [3.63, 3.8) is 0 Å². The summed E-state index contributed by atoms with van der Waals surface area (Å²) in [6, 6.07) is 0. The molecule has 0 amide bonds. The third-order valence-corrected chi connectivity index (χ3v) is 3.52. The van der Waals surface area contributed by atoms with Crippen molar-refractivity contribution in [1.82, 2.24) is 15.5 Å². The van der Waals surface area contributed by atoms with Gasteiger partial charge in [0.2, 0.25) is 5.89 Å². The summed E-state index contributed by atoms with van der Waals surface area (Å²) in [4.78, 5) is 8.59. The zero-order valence-corrected chi connectivity index (χ0v) is 10.4. The smallest absolute Gasteiger partial charge is 0.228 e. The Labute approximate surface area is 99.1 Å². The minimum Gasteiger partial charge on any atom is -0.364 e. The van der Waals surface area contributed by atoms with E-state index in [4.69, 9.17) is 4.52 Å². The standard InChI is InChI=1S/C10H16N4OS/c1-7-5-12-10(16-6-7)11-4-3-9-13-8(2)14-15-9/h7H,3-6H2,1-2H3,(H,11,12). The number of nitrogens with zero attached hydrogens (tertiary/aromatic N) is 3. The molecule has 0 radical (unpaired) electrons. The molecule has 1 atom stereocenters.